The fourth-order valence-electron chi connectivity index (χ4n) is 3.85. The SMILES string of the molecule is CCC(=O)N1CCc2cc(C(=O)Nc3ccc(-c4nnnn4C4CC4)cc3)ccc21. The lowest BCUT2D eigenvalue weighted by molar-refractivity contribution is -0.118. The standard InChI is InChI=1S/C22H22N6O2/c1-2-20(29)27-12-11-15-13-16(5-10-19(15)27)22(30)23-17-6-3-14(4-7-17)21-24-25-26-28(21)18-8-9-18/h3-7,10,13,18H,2,8-9,11-12H2,1H3,(H,23,30). The van der Waals surface area contributed by atoms with Crippen LogP contribution in [0.3, 0.4) is 0 Å². The zero-order valence-corrected chi connectivity index (χ0v) is 16.7. The molecule has 2 amide bonds. The van der Waals surface area contributed by atoms with E-state index < -0.39 is 0 Å². The van der Waals surface area contributed by atoms with Gasteiger partial charge < -0.3 is 10.2 Å². The van der Waals surface area contributed by atoms with Crippen LogP contribution in [-0.4, -0.2) is 38.6 Å². The summed E-state index contributed by atoms with van der Waals surface area (Å²) in [6.45, 7) is 2.54. The van der Waals surface area contributed by atoms with E-state index in [0.717, 1.165) is 41.9 Å². The fraction of sp³-hybridized carbons (Fsp3) is 0.318. The second-order valence-electron chi connectivity index (χ2n) is 7.70. The molecular formula is C22H22N6O2. The molecule has 2 heterocycles. The largest absolute Gasteiger partial charge is 0.322 e. The highest BCUT2D eigenvalue weighted by Crippen LogP contribution is 2.36. The lowest BCUT2D eigenvalue weighted by atomic mass is 10.1. The smallest absolute Gasteiger partial charge is 0.255 e. The summed E-state index contributed by atoms with van der Waals surface area (Å²) in [5, 5.41) is 14.9. The monoisotopic (exact) mass is 402 g/mol. The molecule has 1 N–H and O–H groups in total. The Bertz CT molecular complexity index is 1120. The van der Waals surface area contributed by atoms with Crippen LogP contribution in [0.15, 0.2) is 42.5 Å². The van der Waals surface area contributed by atoms with E-state index in [1.807, 2.05) is 48.0 Å². The number of carbonyl (C=O) groups excluding carboxylic acids is 2. The molecule has 1 fully saturated rings. The number of anilines is 2. The number of nitrogens with zero attached hydrogens (tertiary/aromatic N) is 5. The molecular weight excluding hydrogens is 380 g/mol. The number of aromatic nitrogens is 4. The zero-order valence-electron chi connectivity index (χ0n) is 16.7. The number of rotatable bonds is 5. The average Bonchev–Trinajstić information content (AvgIpc) is 3.34. The summed E-state index contributed by atoms with van der Waals surface area (Å²) in [5.41, 5.74) is 4.16. The lowest BCUT2D eigenvalue weighted by Gasteiger charge is -2.16. The van der Waals surface area contributed by atoms with Gasteiger partial charge in [0.25, 0.3) is 5.91 Å². The molecule has 8 nitrogen and oxygen atoms in total. The molecule has 0 atom stereocenters. The van der Waals surface area contributed by atoms with Crippen molar-refractivity contribution in [1.82, 2.24) is 20.2 Å². The van der Waals surface area contributed by atoms with Gasteiger partial charge in [-0.05, 0) is 77.7 Å². The van der Waals surface area contributed by atoms with Crippen LogP contribution in [0.2, 0.25) is 0 Å². The van der Waals surface area contributed by atoms with Crippen LogP contribution >= 0.6 is 0 Å². The van der Waals surface area contributed by atoms with Crippen LogP contribution in [0, 0.1) is 0 Å². The van der Waals surface area contributed by atoms with Gasteiger partial charge in [0, 0.05) is 35.5 Å². The molecule has 2 aromatic carbocycles. The summed E-state index contributed by atoms with van der Waals surface area (Å²) in [6.07, 6.45) is 3.46. The van der Waals surface area contributed by atoms with Gasteiger partial charge >= 0.3 is 0 Å². The van der Waals surface area contributed by atoms with E-state index in [1.165, 1.54) is 0 Å². The predicted octanol–water partition coefficient (Wildman–Crippen LogP) is 3.23. The third-order valence-electron chi connectivity index (χ3n) is 5.63. The van der Waals surface area contributed by atoms with Crippen molar-refractivity contribution in [2.24, 2.45) is 0 Å². The first kappa shape index (κ1) is 18.5. The zero-order chi connectivity index (χ0) is 20.7. The van der Waals surface area contributed by atoms with Crippen LogP contribution in [-0.2, 0) is 11.2 Å². The number of amides is 2. The van der Waals surface area contributed by atoms with E-state index in [9.17, 15) is 9.59 Å². The number of hydrogen-bond acceptors (Lipinski definition) is 5. The molecule has 0 spiro atoms. The van der Waals surface area contributed by atoms with Crippen molar-refractivity contribution in [3.63, 3.8) is 0 Å². The molecule has 152 valence electrons. The van der Waals surface area contributed by atoms with Gasteiger partial charge in [-0.1, -0.05) is 6.92 Å². The van der Waals surface area contributed by atoms with E-state index >= 15 is 0 Å². The van der Waals surface area contributed by atoms with E-state index in [1.54, 1.807) is 11.0 Å². The molecule has 1 aromatic heterocycles. The van der Waals surface area contributed by atoms with Crippen molar-refractivity contribution in [2.75, 3.05) is 16.8 Å². The Morgan fingerprint density at radius 2 is 1.93 bits per heavy atom. The van der Waals surface area contributed by atoms with E-state index in [0.29, 0.717) is 30.3 Å². The van der Waals surface area contributed by atoms with E-state index in [-0.39, 0.29) is 11.8 Å². The number of benzene rings is 2. The Hall–Kier alpha value is -3.55. The van der Waals surface area contributed by atoms with Crippen molar-refractivity contribution in [3.8, 4) is 11.4 Å². The first-order valence-electron chi connectivity index (χ1n) is 10.3. The Balaban J connectivity index is 1.30. The third kappa shape index (κ3) is 3.34. The summed E-state index contributed by atoms with van der Waals surface area (Å²) in [4.78, 5) is 26.6. The topological polar surface area (TPSA) is 93.0 Å². The molecule has 30 heavy (non-hydrogen) atoms. The molecule has 3 aromatic rings. The van der Waals surface area contributed by atoms with Gasteiger partial charge in [0.05, 0.1) is 6.04 Å². The summed E-state index contributed by atoms with van der Waals surface area (Å²) in [7, 11) is 0. The Morgan fingerprint density at radius 1 is 1.13 bits per heavy atom. The minimum absolute atomic E-state index is 0.110. The van der Waals surface area contributed by atoms with Crippen molar-refractivity contribution < 1.29 is 9.59 Å². The number of fused-ring (bicyclic) bond motifs is 1. The number of carbonyl (C=O) groups is 2. The molecule has 1 aliphatic carbocycles. The quantitative estimate of drug-likeness (QED) is 0.707. The normalized spacial score (nSPS) is 15.2. The van der Waals surface area contributed by atoms with Gasteiger partial charge in [0.1, 0.15) is 0 Å². The van der Waals surface area contributed by atoms with Gasteiger partial charge in [-0.25, -0.2) is 4.68 Å². The second-order valence-corrected chi connectivity index (χ2v) is 7.70. The number of nitrogens with one attached hydrogen (secondary N) is 1. The van der Waals surface area contributed by atoms with Crippen molar-refractivity contribution in [2.45, 2.75) is 38.6 Å². The van der Waals surface area contributed by atoms with Crippen LogP contribution in [0.1, 0.15) is 48.1 Å². The van der Waals surface area contributed by atoms with Crippen LogP contribution in [0.5, 0.6) is 0 Å². The van der Waals surface area contributed by atoms with Crippen LogP contribution in [0.25, 0.3) is 11.4 Å². The molecule has 5 rings (SSSR count). The van der Waals surface area contributed by atoms with Gasteiger partial charge in [-0.15, -0.1) is 5.10 Å². The van der Waals surface area contributed by atoms with E-state index in [2.05, 4.69) is 20.8 Å². The maximum absolute atomic E-state index is 12.7. The maximum atomic E-state index is 12.7. The minimum atomic E-state index is -0.173. The third-order valence-corrected chi connectivity index (χ3v) is 5.63. The lowest BCUT2D eigenvalue weighted by Crippen LogP contribution is -2.27. The first-order chi connectivity index (χ1) is 14.6. The highest BCUT2D eigenvalue weighted by atomic mass is 16.2. The average molecular weight is 402 g/mol. The molecule has 8 heteroatoms. The summed E-state index contributed by atoms with van der Waals surface area (Å²) >= 11 is 0. The van der Waals surface area contributed by atoms with Crippen molar-refractivity contribution in [1.29, 1.82) is 0 Å². The molecule has 1 aliphatic heterocycles. The van der Waals surface area contributed by atoms with Gasteiger partial charge in [-0.3, -0.25) is 9.59 Å². The molecule has 0 radical (unpaired) electrons. The Labute approximate surface area is 173 Å². The summed E-state index contributed by atoms with van der Waals surface area (Å²) < 4.78 is 1.87. The maximum Gasteiger partial charge on any atom is 0.255 e. The van der Waals surface area contributed by atoms with Crippen molar-refractivity contribution >= 4 is 23.2 Å². The number of tetrazole rings is 1. The molecule has 2 aliphatic rings. The molecule has 0 bridgehead atoms. The van der Waals surface area contributed by atoms with E-state index in [4.69, 9.17) is 0 Å². The minimum Gasteiger partial charge on any atom is -0.322 e. The Morgan fingerprint density at radius 3 is 2.67 bits per heavy atom. The summed E-state index contributed by atoms with van der Waals surface area (Å²) in [5.74, 6) is 0.688. The van der Waals surface area contributed by atoms with Gasteiger partial charge in [0.15, 0.2) is 5.82 Å². The first-order valence-corrected chi connectivity index (χ1v) is 10.3. The molecule has 0 unspecified atom stereocenters. The predicted molar refractivity (Wildman–Crippen MR) is 112 cm³/mol. The molecule has 1 saturated carbocycles. The van der Waals surface area contributed by atoms with Gasteiger partial charge in [-0.2, -0.15) is 0 Å². The van der Waals surface area contributed by atoms with Crippen molar-refractivity contribution in [3.05, 3.63) is 53.6 Å². The fourth-order valence-corrected chi connectivity index (χ4v) is 3.85. The number of hydrogen-bond donors (Lipinski definition) is 1. The summed E-state index contributed by atoms with van der Waals surface area (Å²) in [6, 6.07) is 13.5. The van der Waals surface area contributed by atoms with Crippen LogP contribution in [0.4, 0.5) is 11.4 Å². The Kier molecular flexibility index (Phi) is 4.54. The van der Waals surface area contributed by atoms with Gasteiger partial charge in [0.2, 0.25) is 5.91 Å². The van der Waals surface area contributed by atoms with Crippen LogP contribution < -0.4 is 10.2 Å². The molecule has 0 saturated heterocycles. The highest BCUT2D eigenvalue weighted by Gasteiger charge is 2.28. The second kappa shape index (κ2) is 7.37. The highest BCUT2D eigenvalue weighted by molar-refractivity contribution is 6.05.